The molecule has 0 aliphatic carbocycles. The van der Waals surface area contributed by atoms with Crippen molar-refractivity contribution in [2.24, 2.45) is 5.10 Å². The Kier molecular flexibility index (Phi) is 6.81. The van der Waals surface area contributed by atoms with E-state index in [-0.39, 0.29) is 18.1 Å². The van der Waals surface area contributed by atoms with Crippen molar-refractivity contribution in [2.75, 3.05) is 6.61 Å². The van der Waals surface area contributed by atoms with Crippen molar-refractivity contribution in [1.29, 1.82) is 0 Å². The van der Waals surface area contributed by atoms with Gasteiger partial charge in [0.05, 0.1) is 23.7 Å². The largest absolute Gasteiger partial charge is 0.503 e. The SMILES string of the molecule is CCOc1cc(C=NNC(=O)Cc2ccccc2)c(Br)c(Br)c1O. The second kappa shape index (κ2) is 8.84. The predicted molar refractivity (Wildman–Crippen MR) is 101 cm³/mol. The van der Waals surface area contributed by atoms with Crippen LogP contribution in [0.3, 0.4) is 0 Å². The van der Waals surface area contributed by atoms with Gasteiger partial charge >= 0.3 is 0 Å². The number of amides is 1. The number of aromatic hydroxyl groups is 1. The Balaban J connectivity index is 2.07. The highest BCUT2D eigenvalue weighted by Crippen LogP contribution is 2.41. The smallest absolute Gasteiger partial charge is 0.244 e. The molecule has 0 aliphatic rings. The number of halogens is 2. The van der Waals surface area contributed by atoms with E-state index in [1.54, 1.807) is 6.07 Å². The topological polar surface area (TPSA) is 70.9 Å². The molecular formula is C17H16Br2N2O3. The molecule has 0 saturated carbocycles. The van der Waals surface area contributed by atoms with Crippen LogP contribution >= 0.6 is 31.9 Å². The molecule has 5 nitrogen and oxygen atoms in total. The van der Waals surface area contributed by atoms with Gasteiger partial charge in [-0.05, 0) is 50.4 Å². The number of rotatable bonds is 6. The summed E-state index contributed by atoms with van der Waals surface area (Å²) in [6, 6.07) is 11.1. The Labute approximate surface area is 157 Å². The van der Waals surface area contributed by atoms with Crippen LogP contribution in [0, 0.1) is 0 Å². The molecule has 0 unspecified atom stereocenters. The van der Waals surface area contributed by atoms with Gasteiger partial charge in [0.1, 0.15) is 0 Å². The highest BCUT2D eigenvalue weighted by molar-refractivity contribution is 9.13. The maximum Gasteiger partial charge on any atom is 0.244 e. The molecule has 0 fully saturated rings. The van der Waals surface area contributed by atoms with Gasteiger partial charge in [0.15, 0.2) is 11.5 Å². The van der Waals surface area contributed by atoms with Gasteiger partial charge in [-0.1, -0.05) is 30.3 Å². The summed E-state index contributed by atoms with van der Waals surface area (Å²) in [5.74, 6) is 0.134. The van der Waals surface area contributed by atoms with Gasteiger partial charge in [-0.15, -0.1) is 0 Å². The van der Waals surface area contributed by atoms with E-state index in [0.717, 1.165) is 5.56 Å². The molecule has 0 bridgehead atoms. The number of phenolic OH excluding ortho intramolecular Hbond substituents is 1. The van der Waals surface area contributed by atoms with Crippen LogP contribution in [0.15, 0.2) is 50.4 Å². The Morgan fingerprint density at radius 2 is 2.00 bits per heavy atom. The molecule has 0 spiro atoms. The summed E-state index contributed by atoms with van der Waals surface area (Å²) < 4.78 is 6.45. The summed E-state index contributed by atoms with van der Waals surface area (Å²) in [5, 5.41) is 14.0. The zero-order chi connectivity index (χ0) is 17.5. The molecule has 7 heteroatoms. The third-order valence-electron chi connectivity index (χ3n) is 3.07. The second-order valence-electron chi connectivity index (χ2n) is 4.83. The van der Waals surface area contributed by atoms with Gasteiger partial charge in [-0.2, -0.15) is 5.10 Å². The first-order valence-electron chi connectivity index (χ1n) is 7.22. The van der Waals surface area contributed by atoms with Crippen molar-refractivity contribution in [3.8, 4) is 11.5 Å². The molecule has 0 atom stereocenters. The predicted octanol–water partition coefficient (Wildman–Crippen LogP) is 4.01. The highest BCUT2D eigenvalue weighted by atomic mass is 79.9. The average Bonchev–Trinajstić information content (AvgIpc) is 2.58. The first-order valence-corrected chi connectivity index (χ1v) is 8.81. The minimum atomic E-state index is -0.212. The lowest BCUT2D eigenvalue weighted by atomic mass is 10.1. The van der Waals surface area contributed by atoms with Crippen molar-refractivity contribution >= 4 is 44.0 Å². The first kappa shape index (κ1) is 18.5. The number of ether oxygens (including phenoxy) is 1. The van der Waals surface area contributed by atoms with E-state index in [9.17, 15) is 9.90 Å². The molecule has 0 aromatic heterocycles. The number of phenols is 1. The summed E-state index contributed by atoms with van der Waals surface area (Å²) in [4.78, 5) is 11.9. The molecule has 2 aromatic carbocycles. The monoisotopic (exact) mass is 454 g/mol. The van der Waals surface area contributed by atoms with Gasteiger partial charge in [0.2, 0.25) is 5.91 Å². The zero-order valence-electron chi connectivity index (χ0n) is 12.9. The summed E-state index contributed by atoms with van der Waals surface area (Å²) in [7, 11) is 0. The van der Waals surface area contributed by atoms with Crippen molar-refractivity contribution in [3.05, 3.63) is 56.5 Å². The number of hydrazone groups is 1. The Morgan fingerprint density at radius 3 is 2.67 bits per heavy atom. The van der Waals surface area contributed by atoms with Crippen molar-refractivity contribution in [2.45, 2.75) is 13.3 Å². The van der Waals surface area contributed by atoms with E-state index in [1.807, 2.05) is 37.3 Å². The fourth-order valence-corrected chi connectivity index (χ4v) is 2.79. The van der Waals surface area contributed by atoms with Crippen LogP contribution in [0.4, 0.5) is 0 Å². The van der Waals surface area contributed by atoms with E-state index in [4.69, 9.17) is 4.74 Å². The van der Waals surface area contributed by atoms with E-state index in [0.29, 0.717) is 26.9 Å². The maximum absolute atomic E-state index is 11.9. The van der Waals surface area contributed by atoms with Crippen LogP contribution in [0.25, 0.3) is 0 Å². The maximum atomic E-state index is 11.9. The minimum Gasteiger partial charge on any atom is -0.503 e. The van der Waals surface area contributed by atoms with Crippen molar-refractivity contribution < 1.29 is 14.6 Å². The normalized spacial score (nSPS) is 10.8. The van der Waals surface area contributed by atoms with Crippen molar-refractivity contribution in [1.82, 2.24) is 5.43 Å². The fraction of sp³-hybridized carbons (Fsp3) is 0.176. The lowest BCUT2D eigenvalue weighted by molar-refractivity contribution is -0.120. The zero-order valence-corrected chi connectivity index (χ0v) is 16.1. The van der Waals surface area contributed by atoms with Gasteiger partial charge in [0.25, 0.3) is 0 Å². The van der Waals surface area contributed by atoms with Crippen LogP contribution in [0.5, 0.6) is 11.5 Å². The fourth-order valence-electron chi connectivity index (χ4n) is 1.97. The summed E-state index contributed by atoms with van der Waals surface area (Å²) in [5.41, 5.74) is 4.05. The molecule has 126 valence electrons. The number of nitrogens with zero attached hydrogens (tertiary/aromatic N) is 1. The number of carbonyl (C=O) groups is 1. The van der Waals surface area contributed by atoms with E-state index in [1.165, 1.54) is 6.21 Å². The second-order valence-corrected chi connectivity index (χ2v) is 6.42. The third-order valence-corrected chi connectivity index (χ3v) is 5.23. The Morgan fingerprint density at radius 1 is 1.29 bits per heavy atom. The van der Waals surface area contributed by atoms with Gasteiger partial charge in [0, 0.05) is 10.0 Å². The Hall–Kier alpha value is -1.86. The number of benzene rings is 2. The lowest BCUT2D eigenvalue weighted by Crippen LogP contribution is -2.19. The highest BCUT2D eigenvalue weighted by Gasteiger charge is 2.14. The van der Waals surface area contributed by atoms with Crippen LogP contribution in [-0.4, -0.2) is 23.8 Å². The Bertz CT molecular complexity index is 749. The van der Waals surface area contributed by atoms with Crippen LogP contribution in [-0.2, 0) is 11.2 Å². The molecule has 2 rings (SSSR count). The quantitative estimate of drug-likeness (QED) is 0.510. The van der Waals surface area contributed by atoms with Crippen molar-refractivity contribution in [3.63, 3.8) is 0 Å². The number of carbonyl (C=O) groups excluding carboxylic acids is 1. The molecule has 24 heavy (non-hydrogen) atoms. The van der Waals surface area contributed by atoms with Crippen LogP contribution < -0.4 is 10.2 Å². The molecular weight excluding hydrogens is 440 g/mol. The molecule has 0 heterocycles. The first-order chi connectivity index (χ1) is 11.5. The lowest BCUT2D eigenvalue weighted by Gasteiger charge is -2.10. The standard InChI is InChI=1S/C17H16Br2N2O3/c1-2-24-13-9-12(15(18)16(19)17(13)23)10-20-21-14(22)8-11-6-4-3-5-7-11/h3-7,9-10,23H,2,8H2,1H3,(H,21,22). The third kappa shape index (κ3) is 4.82. The number of hydrogen-bond donors (Lipinski definition) is 2. The molecule has 2 aromatic rings. The minimum absolute atomic E-state index is 0.00832. The molecule has 0 saturated heterocycles. The molecule has 1 amide bonds. The van der Waals surface area contributed by atoms with E-state index >= 15 is 0 Å². The van der Waals surface area contributed by atoms with Crippen LogP contribution in [0.1, 0.15) is 18.1 Å². The molecule has 0 aliphatic heterocycles. The summed E-state index contributed by atoms with van der Waals surface area (Å²) in [6.45, 7) is 2.25. The summed E-state index contributed by atoms with van der Waals surface area (Å²) in [6.07, 6.45) is 1.74. The number of hydrogen-bond acceptors (Lipinski definition) is 4. The number of nitrogens with one attached hydrogen (secondary N) is 1. The van der Waals surface area contributed by atoms with E-state index in [2.05, 4.69) is 42.4 Å². The van der Waals surface area contributed by atoms with Gasteiger partial charge < -0.3 is 9.84 Å². The molecule has 2 N–H and O–H groups in total. The van der Waals surface area contributed by atoms with E-state index < -0.39 is 0 Å². The van der Waals surface area contributed by atoms with Crippen LogP contribution in [0.2, 0.25) is 0 Å². The molecule has 0 radical (unpaired) electrons. The van der Waals surface area contributed by atoms with Gasteiger partial charge in [-0.25, -0.2) is 5.43 Å². The summed E-state index contributed by atoms with van der Waals surface area (Å²) >= 11 is 6.66. The average molecular weight is 456 g/mol. The van der Waals surface area contributed by atoms with Gasteiger partial charge in [-0.3, -0.25) is 4.79 Å².